The molecule has 0 spiro atoms. The zero-order valence-electron chi connectivity index (χ0n) is 16.7. The highest BCUT2D eigenvalue weighted by atomic mass is 32.1. The van der Waals surface area contributed by atoms with E-state index in [1.54, 1.807) is 11.3 Å². The van der Waals surface area contributed by atoms with Crippen molar-refractivity contribution < 1.29 is 4.74 Å². The van der Waals surface area contributed by atoms with E-state index in [0.29, 0.717) is 11.9 Å². The average molecular weight is 384 g/mol. The summed E-state index contributed by atoms with van der Waals surface area (Å²) in [5.74, 6) is 0.635. The number of nitrogens with zero attached hydrogens (tertiary/aromatic N) is 3. The van der Waals surface area contributed by atoms with Gasteiger partial charge in [-0.1, -0.05) is 25.3 Å². The van der Waals surface area contributed by atoms with E-state index in [4.69, 9.17) is 14.7 Å². The number of hydrogen-bond donors (Lipinski definition) is 0. The molecule has 1 fully saturated rings. The Kier molecular flexibility index (Phi) is 5.22. The molecule has 0 N–H and O–H groups in total. The minimum Gasteiger partial charge on any atom is -0.462 e. The van der Waals surface area contributed by atoms with Crippen LogP contribution >= 0.6 is 11.3 Å². The van der Waals surface area contributed by atoms with E-state index in [1.807, 2.05) is 13.8 Å². The lowest BCUT2D eigenvalue weighted by Gasteiger charge is -2.19. The van der Waals surface area contributed by atoms with Crippen molar-refractivity contribution in [3.8, 4) is 16.6 Å². The molecule has 1 aromatic carbocycles. The number of ether oxygens (including phenoxy) is 1. The molecule has 2 heterocycles. The van der Waals surface area contributed by atoms with Crippen LogP contribution in [0.2, 0.25) is 0 Å². The van der Waals surface area contributed by atoms with Gasteiger partial charge < -0.3 is 4.74 Å². The predicted octanol–water partition coefficient (Wildman–Crippen LogP) is 6.58. The lowest BCUT2D eigenvalue weighted by molar-refractivity contribution is 0.210. The lowest BCUT2D eigenvalue weighted by Crippen LogP contribution is -2.12. The summed E-state index contributed by atoms with van der Waals surface area (Å²) in [6.45, 7) is 8.43. The molecular formula is C22H29N3OS. The molecule has 5 heteroatoms. The van der Waals surface area contributed by atoms with E-state index in [1.165, 1.54) is 37.8 Å². The lowest BCUT2D eigenvalue weighted by atomic mass is 9.87. The normalized spacial score (nSPS) is 15.9. The number of benzene rings is 1. The minimum absolute atomic E-state index is 0.0977. The van der Waals surface area contributed by atoms with Crippen LogP contribution in [0.5, 0.6) is 6.01 Å². The molecule has 0 aliphatic heterocycles. The molecule has 2 aromatic heterocycles. The van der Waals surface area contributed by atoms with Crippen molar-refractivity contribution in [1.29, 1.82) is 0 Å². The third kappa shape index (κ3) is 3.62. The summed E-state index contributed by atoms with van der Waals surface area (Å²) < 4.78 is 8.21. The molecule has 4 nitrogen and oxygen atoms in total. The van der Waals surface area contributed by atoms with Gasteiger partial charge in [0.05, 0.1) is 17.3 Å². The third-order valence-electron chi connectivity index (χ3n) is 5.32. The van der Waals surface area contributed by atoms with Crippen LogP contribution in [0.1, 0.15) is 77.5 Å². The summed E-state index contributed by atoms with van der Waals surface area (Å²) in [5.41, 5.74) is 4.50. The van der Waals surface area contributed by atoms with Gasteiger partial charge in [-0.3, -0.25) is 4.57 Å². The number of para-hydroxylation sites is 1. The zero-order valence-corrected chi connectivity index (χ0v) is 17.6. The third-order valence-corrected chi connectivity index (χ3v) is 6.21. The molecule has 0 saturated heterocycles. The fourth-order valence-corrected chi connectivity index (χ4v) is 4.98. The Balaban J connectivity index is 1.77. The number of imidazole rings is 1. The van der Waals surface area contributed by atoms with Crippen molar-refractivity contribution in [2.24, 2.45) is 0 Å². The maximum Gasteiger partial charge on any atom is 0.297 e. The van der Waals surface area contributed by atoms with Crippen molar-refractivity contribution in [2.75, 3.05) is 0 Å². The van der Waals surface area contributed by atoms with E-state index < -0.39 is 0 Å². The van der Waals surface area contributed by atoms with Gasteiger partial charge in [-0.15, -0.1) is 11.3 Å². The second-order valence-electron chi connectivity index (χ2n) is 8.11. The number of fused-ring (bicyclic) bond motifs is 1. The largest absolute Gasteiger partial charge is 0.462 e. The van der Waals surface area contributed by atoms with Crippen molar-refractivity contribution in [1.82, 2.24) is 14.5 Å². The summed E-state index contributed by atoms with van der Waals surface area (Å²) in [5, 5.41) is 3.33. The zero-order chi connectivity index (χ0) is 19.0. The molecule has 0 amide bonds. The summed E-state index contributed by atoms with van der Waals surface area (Å²) in [7, 11) is 0. The van der Waals surface area contributed by atoms with Crippen LogP contribution < -0.4 is 4.74 Å². The summed E-state index contributed by atoms with van der Waals surface area (Å²) >= 11 is 1.75. The molecule has 3 aromatic rings. The van der Waals surface area contributed by atoms with Crippen LogP contribution in [-0.4, -0.2) is 20.6 Å². The Bertz CT molecular complexity index is 919. The Labute approximate surface area is 165 Å². The van der Waals surface area contributed by atoms with Crippen LogP contribution in [0.3, 0.4) is 0 Å². The fourth-order valence-electron chi connectivity index (χ4n) is 4.06. The maximum absolute atomic E-state index is 6.02. The number of hydrogen-bond acceptors (Lipinski definition) is 4. The standard InChI is InChI=1S/C22H29N3OS/c1-14(2)25-19-12-8-11-17(20(19)24-22(25)26-15(3)4)21-23-18(13-27-21)16-9-6-5-7-10-16/h8,11-16H,5-7,9-10H2,1-4H3. The Morgan fingerprint density at radius 3 is 2.56 bits per heavy atom. The van der Waals surface area contributed by atoms with Crippen LogP contribution in [0, 0.1) is 0 Å². The number of aromatic nitrogens is 3. The first kappa shape index (κ1) is 18.5. The van der Waals surface area contributed by atoms with Crippen molar-refractivity contribution >= 4 is 22.4 Å². The number of rotatable bonds is 5. The maximum atomic E-state index is 6.02. The van der Waals surface area contributed by atoms with Crippen molar-refractivity contribution in [3.63, 3.8) is 0 Å². The van der Waals surface area contributed by atoms with E-state index in [0.717, 1.165) is 21.6 Å². The predicted molar refractivity (Wildman–Crippen MR) is 113 cm³/mol. The minimum atomic E-state index is 0.0977. The Hall–Kier alpha value is -1.88. The van der Waals surface area contributed by atoms with Gasteiger partial charge in [0.15, 0.2) is 0 Å². The molecule has 1 saturated carbocycles. The second-order valence-corrected chi connectivity index (χ2v) is 8.97. The van der Waals surface area contributed by atoms with E-state index in [2.05, 4.69) is 42.0 Å². The molecule has 27 heavy (non-hydrogen) atoms. The van der Waals surface area contributed by atoms with Crippen LogP contribution in [0.4, 0.5) is 0 Å². The summed E-state index contributed by atoms with van der Waals surface area (Å²) in [4.78, 5) is 9.91. The fraction of sp³-hybridized carbons (Fsp3) is 0.545. The second kappa shape index (κ2) is 7.63. The molecule has 4 rings (SSSR count). The van der Waals surface area contributed by atoms with Gasteiger partial charge in [-0.25, -0.2) is 4.98 Å². The van der Waals surface area contributed by atoms with Crippen LogP contribution in [-0.2, 0) is 0 Å². The molecule has 0 radical (unpaired) electrons. The molecular weight excluding hydrogens is 354 g/mol. The Morgan fingerprint density at radius 1 is 1.07 bits per heavy atom. The molecule has 1 aliphatic rings. The van der Waals surface area contributed by atoms with Gasteiger partial charge in [0, 0.05) is 22.9 Å². The van der Waals surface area contributed by atoms with Gasteiger partial charge in [0.1, 0.15) is 10.5 Å². The molecule has 0 bridgehead atoms. The van der Waals surface area contributed by atoms with Crippen LogP contribution in [0.15, 0.2) is 23.6 Å². The van der Waals surface area contributed by atoms with Gasteiger partial charge in [0.2, 0.25) is 0 Å². The molecule has 0 atom stereocenters. The summed E-state index contributed by atoms with van der Waals surface area (Å²) in [6.07, 6.45) is 6.70. The molecule has 1 aliphatic carbocycles. The Morgan fingerprint density at radius 2 is 1.85 bits per heavy atom. The SMILES string of the molecule is CC(C)Oc1nc2c(-c3nc(C4CCCCC4)cs3)cccc2n1C(C)C. The summed E-state index contributed by atoms with van der Waals surface area (Å²) in [6, 6.07) is 7.37. The van der Waals surface area contributed by atoms with Gasteiger partial charge in [-0.2, -0.15) is 4.98 Å². The topological polar surface area (TPSA) is 39.9 Å². The first-order chi connectivity index (χ1) is 13.0. The number of thiazole rings is 1. The monoisotopic (exact) mass is 383 g/mol. The van der Waals surface area contributed by atoms with Crippen LogP contribution in [0.25, 0.3) is 21.6 Å². The van der Waals surface area contributed by atoms with Gasteiger partial charge in [-0.05, 0) is 52.7 Å². The van der Waals surface area contributed by atoms with E-state index in [9.17, 15) is 0 Å². The van der Waals surface area contributed by atoms with Crippen molar-refractivity contribution in [2.45, 2.75) is 77.9 Å². The highest BCUT2D eigenvalue weighted by Gasteiger charge is 2.22. The smallest absolute Gasteiger partial charge is 0.297 e. The van der Waals surface area contributed by atoms with Crippen molar-refractivity contribution in [3.05, 3.63) is 29.3 Å². The van der Waals surface area contributed by atoms with Gasteiger partial charge >= 0.3 is 0 Å². The highest BCUT2D eigenvalue weighted by molar-refractivity contribution is 7.13. The van der Waals surface area contributed by atoms with E-state index >= 15 is 0 Å². The first-order valence-electron chi connectivity index (χ1n) is 10.2. The molecule has 144 valence electrons. The quantitative estimate of drug-likeness (QED) is 0.500. The highest BCUT2D eigenvalue weighted by Crippen LogP contribution is 2.38. The first-order valence-corrected chi connectivity index (χ1v) is 11.1. The molecule has 0 unspecified atom stereocenters. The average Bonchev–Trinajstić information content (AvgIpc) is 3.26. The van der Waals surface area contributed by atoms with E-state index in [-0.39, 0.29) is 12.1 Å². The van der Waals surface area contributed by atoms with Gasteiger partial charge in [0.25, 0.3) is 6.01 Å².